The van der Waals surface area contributed by atoms with E-state index >= 15 is 0 Å². The molecule has 0 fully saturated rings. The third-order valence-electron chi connectivity index (χ3n) is 2.18. The van der Waals surface area contributed by atoms with Crippen LogP contribution in [0.15, 0.2) is 12.1 Å². The Morgan fingerprint density at radius 3 is 2.81 bits per heavy atom. The summed E-state index contributed by atoms with van der Waals surface area (Å²) >= 11 is 0. The number of benzene rings is 1. The van der Waals surface area contributed by atoms with Crippen molar-refractivity contribution in [3.63, 3.8) is 0 Å². The zero-order valence-electron chi connectivity index (χ0n) is 8.77. The fourth-order valence-electron chi connectivity index (χ4n) is 1.59. The van der Waals surface area contributed by atoms with E-state index in [1.165, 1.54) is 7.11 Å². The van der Waals surface area contributed by atoms with Gasteiger partial charge >= 0.3 is 0 Å². The van der Waals surface area contributed by atoms with Crippen molar-refractivity contribution in [2.45, 2.75) is 12.3 Å². The van der Waals surface area contributed by atoms with Gasteiger partial charge in [0.1, 0.15) is 0 Å². The largest absolute Gasteiger partial charge is 0.493 e. The van der Waals surface area contributed by atoms with Crippen molar-refractivity contribution in [2.75, 3.05) is 13.9 Å². The molecular formula is C10H13NO5. The smallest absolute Gasteiger partial charge is 0.231 e. The van der Waals surface area contributed by atoms with E-state index in [0.29, 0.717) is 22.8 Å². The topological polar surface area (TPSA) is 94.2 Å². The SMILES string of the molecule is COc1cc(CC(N)(O)O)cc2c1OCO2. The van der Waals surface area contributed by atoms with Crippen LogP contribution in [0.5, 0.6) is 17.2 Å². The Morgan fingerprint density at radius 1 is 1.44 bits per heavy atom. The standard InChI is InChI=1S/C10H13NO5/c1-14-7-2-6(4-10(11,12)13)3-8-9(7)16-5-15-8/h2-3,12-13H,4-5,11H2,1H3. The number of aliphatic hydroxyl groups is 2. The van der Waals surface area contributed by atoms with Gasteiger partial charge in [-0.15, -0.1) is 0 Å². The highest BCUT2D eigenvalue weighted by Gasteiger charge is 2.23. The Hall–Kier alpha value is -1.50. The third-order valence-corrected chi connectivity index (χ3v) is 2.18. The maximum atomic E-state index is 9.10. The van der Waals surface area contributed by atoms with Crippen LogP contribution < -0.4 is 19.9 Å². The summed E-state index contributed by atoms with van der Waals surface area (Å²) in [5.41, 5.74) is 5.69. The molecule has 1 aromatic rings. The summed E-state index contributed by atoms with van der Waals surface area (Å²) in [6.07, 6.45) is -0.125. The number of ether oxygens (including phenoxy) is 3. The molecule has 0 atom stereocenters. The molecule has 6 nitrogen and oxygen atoms in total. The van der Waals surface area contributed by atoms with Crippen LogP contribution in [-0.4, -0.2) is 30.0 Å². The minimum absolute atomic E-state index is 0.125. The van der Waals surface area contributed by atoms with E-state index in [4.69, 9.17) is 30.2 Å². The second-order valence-electron chi connectivity index (χ2n) is 3.59. The summed E-state index contributed by atoms with van der Waals surface area (Å²) in [5, 5.41) is 18.2. The van der Waals surface area contributed by atoms with E-state index in [9.17, 15) is 0 Å². The van der Waals surface area contributed by atoms with Gasteiger partial charge in [0.25, 0.3) is 0 Å². The van der Waals surface area contributed by atoms with Crippen molar-refractivity contribution in [3.8, 4) is 17.2 Å². The molecule has 0 radical (unpaired) electrons. The van der Waals surface area contributed by atoms with Gasteiger partial charge in [0, 0.05) is 6.42 Å². The fourth-order valence-corrected chi connectivity index (χ4v) is 1.59. The summed E-state index contributed by atoms with van der Waals surface area (Å²) in [6, 6.07) is 3.26. The average Bonchev–Trinajstić information content (AvgIpc) is 2.61. The van der Waals surface area contributed by atoms with Crippen molar-refractivity contribution in [2.24, 2.45) is 5.73 Å². The maximum Gasteiger partial charge on any atom is 0.231 e. The minimum Gasteiger partial charge on any atom is -0.493 e. The van der Waals surface area contributed by atoms with Crippen LogP contribution in [0.25, 0.3) is 0 Å². The zero-order chi connectivity index (χ0) is 11.8. The maximum absolute atomic E-state index is 9.10. The molecule has 0 aromatic heterocycles. The van der Waals surface area contributed by atoms with Crippen LogP contribution in [-0.2, 0) is 6.42 Å². The van der Waals surface area contributed by atoms with Crippen molar-refractivity contribution in [1.29, 1.82) is 0 Å². The predicted octanol–water partition coefficient (Wildman–Crippen LogP) is -0.437. The first-order chi connectivity index (χ1) is 7.49. The van der Waals surface area contributed by atoms with E-state index in [-0.39, 0.29) is 13.2 Å². The second kappa shape index (κ2) is 3.82. The van der Waals surface area contributed by atoms with Crippen molar-refractivity contribution >= 4 is 0 Å². The van der Waals surface area contributed by atoms with E-state index in [0.717, 1.165) is 0 Å². The fraction of sp³-hybridized carbons (Fsp3) is 0.400. The number of nitrogens with two attached hydrogens (primary N) is 1. The quantitative estimate of drug-likeness (QED) is 0.606. The van der Waals surface area contributed by atoms with Gasteiger partial charge in [-0.3, -0.25) is 5.73 Å². The van der Waals surface area contributed by atoms with Gasteiger partial charge in [-0.25, -0.2) is 0 Å². The van der Waals surface area contributed by atoms with Crippen molar-refractivity contribution in [3.05, 3.63) is 17.7 Å². The van der Waals surface area contributed by atoms with E-state index in [1.807, 2.05) is 0 Å². The first kappa shape index (κ1) is 11.0. The zero-order valence-corrected chi connectivity index (χ0v) is 8.77. The molecule has 1 aromatic carbocycles. The second-order valence-corrected chi connectivity index (χ2v) is 3.59. The molecule has 0 saturated heterocycles. The average molecular weight is 227 g/mol. The molecule has 0 aliphatic carbocycles. The molecule has 0 bridgehead atoms. The van der Waals surface area contributed by atoms with Crippen LogP contribution in [0.4, 0.5) is 0 Å². The molecule has 1 aliphatic rings. The third kappa shape index (κ3) is 2.19. The number of fused-ring (bicyclic) bond motifs is 1. The van der Waals surface area contributed by atoms with Crippen LogP contribution >= 0.6 is 0 Å². The van der Waals surface area contributed by atoms with Gasteiger partial charge in [-0.2, -0.15) is 0 Å². The van der Waals surface area contributed by atoms with Crippen LogP contribution in [0, 0.1) is 0 Å². The normalized spacial score (nSPS) is 14.0. The Labute approximate surface area is 92.2 Å². The molecule has 6 heteroatoms. The van der Waals surface area contributed by atoms with Gasteiger partial charge in [-0.05, 0) is 17.7 Å². The number of methoxy groups -OCH3 is 1. The predicted molar refractivity (Wildman–Crippen MR) is 54.2 cm³/mol. The molecule has 4 N–H and O–H groups in total. The lowest BCUT2D eigenvalue weighted by Gasteiger charge is -2.16. The highest BCUT2D eigenvalue weighted by Crippen LogP contribution is 2.42. The summed E-state index contributed by atoms with van der Waals surface area (Å²) in [5.74, 6) is -0.740. The van der Waals surface area contributed by atoms with Gasteiger partial charge in [0.15, 0.2) is 11.5 Å². The van der Waals surface area contributed by atoms with Crippen LogP contribution in [0.1, 0.15) is 5.56 Å². The highest BCUT2D eigenvalue weighted by molar-refractivity contribution is 5.55. The molecule has 0 amide bonds. The van der Waals surface area contributed by atoms with E-state index in [1.54, 1.807) is 12.1 Å². The molecule has 0 saturated carbocycles. The molecule has 1 heterocycles. The summed E-state index contributed by atoms with van der Waals surface area (Å²) < 4.78 is 15.5. The molecule has 0 unspecified atom stereocenters. The highest BCUT2D eigenvalue weighted by atomic mass is 16.7. The van der Waals surface area contributed by atoms with Gasteiger partial charge < -0.3 is 24.4 Å². The number of rotatable bonds is 3. The molecule has 88 valence electrons. The Bertz CT molecular complexity index is 399. The van der Waals surface area contributed by atoms with Crippen molar-refractivity contribution in [1.82, 2.24) is 0 Å². The van der Waals surface area contributed by atoms with E-state index in [2.05, 4.69) is 0 Å². The number of hydrogen-bond acceptors (Lipinski definition) is 6. The van der Waals surface area contributed by atoms with Crippen LogP contribution in [0.2, 0.25) is 0 Å². The number of hydrogen-bond donors (Lipinski definition) is 3. The Kier molecular flexibility index (Phi) is 2.63. The summed E-state index contributed by atoms with van der Waals surface area (Å²) in [6.45, 7) is 0.126. The van der Waals surface area contributed by atoms with Crippen molar-refractivity contribution < 1.29 is 24.4 Å². The first-order valence-electron chi connectivity index (χ1n) is 4.70. The van der Waals surface area contributed by atoms with Crippen LogP contribution in [0.3, 0.4) is 0 Å². The Morgan fingerprint density at radius 2 is 2.19 bits per heavy atom. The summed E-state index contributed by atoms with van der Waals surface area (Å²) in [4.78, 5) is 0. The first-order valence-corrected chi connectivity index (χ1v) is 4.70. The molecule has 0 spiro atoms. The molecular weight excluding hydrogens is 214 g/mol. The lowest BCUT2D eigenvalue weighted by atomic mass is 10.1. The minimum atomic E-state index is -2.25. The lowest BCUT2D eigenvalue weighted by Crippen LogP contribution is -2.41. The van der Waals surface area contributed by atoms with E-state index < -0.39 is 5.91 Å². The molecule has 2 rings (SSSR count). The lowest BCUT2D eigenvalue weighted by molar-refractivity contribution is -0.153. The Balaban J connectivity index is 2.35. The van der Waals surface area contributed by atoms with Gasteiger partial charge in [-0.1, -0.05) is 0 Å². The monoisotopic (exact) mass is 227 g/mol. The molecule has 1 aliphatic heterocycles. The van der Waals surface area contributed by atoms with Gasteiger partial charge in [0.2, 0.25) is 18.5 Å². The molecule has 16 heavy (non-hydrogen) atoms. The summed E-state index contributed by atoms with van der Waals surface area (Å²) in [7, 11) is 1.49. The van der Waals surface area contributed by atoms with Gasteiger partial charge in [0.05, 0.1) is 7.11 Å².